The molecule has 0 aromatic rings. The molecule has 0 aromatic heterocycles. The number of rotatable bonds is 37. The minimum absolute atomic E-state index is 0.0152. The number of likely N-dealkylation sites (N-methyl/N-ethyl adjacent to an activating group) is 1. The predicted octanol–water partition coefficient (Wildman–Crippen LogP) is 10.0. The third-order valence-corrected chi connectivity index (χ3v) is 10.3. The van der Waals surface area contributed by atoms with Crippen LogP contribution in [0.3, 0.4) is 0 Å². The second-order valence-electron chi connectivity index (χ2n) is 15.4. The summed E-state index contributed by atoms with van der Waals surface area (Å²) in [5.74, 6) is -0.166. The van der Waals surface area contributed by atoms with Crippen molar-refractivity contribution in [3.8, 4) is 0 Å². The number of quaternary nitrogens is 1. The number of unbranched alkanes of at least 4 members (excludes halogenated alkanes) is 24. The average Bonchev–Trinajstić information content (AvgIpc) is 3.02. The molecular weight excluding hydrogens is 623 g/mol. The number of carbonyl (C=O) groups is 1. The highest BCUT2D eigenvalue weighted by Gasteiger charge is 2.24. The van der Waals surface area contributed by atoms with Gasteiger partial charge in [-0.05, 0) is 12.8 Å². The lowest BCUT2D eigenvalue weighted by molar-refractivity contribution is -0.870. The number of nitrogens with zero attached hydrogens (tertiary/aromatic N) is 1. The topological polar surface area (TPSA) is 108 Å². The highest BCUT2D eigenvalue weighted by Crippen LogP contribution is 2.38. The lowest BCUT2D eigenvalue weighted by Crippen LogP contribution is -2.46. The number of carbonyl (C=O) groups excluding carboxylic acids is 1. The van der Waals surface area contributed by atoms with Gasteiger partial charge in [0, 0.05) is 6.42 Å². The van der Waals surface area contributed by atoms with E-state index in [9.17, 15) is 19.4 Å². The van der Waals surface area contributed by atoms with Crippen LogP contribution < -0.4 is 10.2 Å². The van der Waals surface area contributed by atoms with Gasteiger partial charge < -0.3 is 28.8 Å². The van der Waals surface area contributed by atoms with E-state index >= 15 is 0 Å². The molecule has 288 valence electrons. The van der Waals surface area contributed by atoms with Crippen molar-refractivity contribution >= 4 is 13.7 Å². The normalized spacial score (nSPS) is 14.6. The number of aliphatic hydroxyl groups excluding tert-OH is 1. The maximum absolute atomic E-state index is 12.8. The van der Waals surface area contributed by atoms with Gasteiger partial charge in [-0.2, -0.15) is 0 Å². The van der Waals surface area contributed by atoms with Crippen LogP contribution in [0.1, 0.15) is 194 Å². The van der Waals surface area contributed by atoms with Crippen molar-refractivity contribution in [3.05, 3.63) is 0 Å². The van der Waals surface area contributed by atoms with Crippen molar-refractivity contribution in [1.82, 2.24) is 5.32 Å². The molecule has 2 N–H and O–H groups in total. The molecule has 0 aliphatic carbocycles. The van der Waals surface area contributed by atoms with E-state index in [4.69, 9.17) is 9.05 Å². The molecule has 0 heterocycles. The first kappa shape index (κ1) is 47.5. The van der Waals surface area contributed by atoms with E-state index in [-0.39, 0.29) is 19.1 Å². The summed E-state index contributed by atoms with van der Waals surface area (Å²) in [6.45, 7) is 4.68. The molecule has 3 atom stereocenters. The average molecular weight is 705 g/mol. The van der Waals surface area contributed by atoms with Gasteiger partial charge in [-0.25, -0.2) is 0 Å². The van der Waals surface area contributed by atoms with Crippen molar-refractivity contribution in [2.24, 2.45) is 0 Å². The zero-order valence-corrected chi connectivity index (χ0v) is 33.4. The number of phosphoric acid groups is 1. The fourth-order valence-electron chi connectivity index (χ4n) is 6.04. The van der Waals surface area contributed by atoms with Crippen molar-refractivity contribution < 1.29 is 32.9 Å². The van der Waals surface area contributed by atoms with Gasteiger partial charge >= 0.3 is 0 Å². The van der Waals surface area contributed by atoms with Crippen LogP contribution >= 0.6 is 7.82 Å². The fourth-order valence-corrected chi connectivity index (χ4v) is 6.76. The molecule has 0 rings (SSSR count). The molecule has 0 saturated heterocycles. The Labute approximate surface area is 298 Å². The van der Waals surface area contributed by atoms with Gasteiger partial charge in [0.1, 0.15) is 13.2 Å². The monoisotopic (exact) mass is 705 g/mol. The summed E-state index contributed by atoms with van der Waals surface area (Å²) in [6, 6.07) is -0.790. The number of amides is 1. The number of nitrogens with one attached hydrogen (secondary N) is 1. The fraction of sp³-hybridized carbons (Fsp3) is 0.974. The molecule has 9 heteroatoms. The zero-order valence-electron chi connectivity index (χ0n) is 32.5. The van der Waals surface area contributed by atoms with Crippen molar-refractivity contribution in [2.75, 3.05) is 40.9 Å². The Morgan fingerprint density at radius 2 is 1.02 bits per heavy atom. The molecule has 48 heavy (non-hydrogen) atoms. The number of hydrogen-bond donors (Lipinski definition) is 2. The van der Waals surface area contributed by atoms with Gasteiger partial charge in [-0.3, -0.25) is 9.36 Å². The minimum Gasteiger partial charge on any atom is -0.756 e. The standard InChI is InChI=1S/C39H81N2O6P/c1-6-8-10-12-14-15-16-17-18-19-20-21-22-23-24-25-27-29-31-33-39(43)40-37(38(42)32-30-28-26-13-11-9-7-2)36-47-48(44,45)46-35-34-41(3,4)5/h37-38,42H,6-36H2,1-5H3,(H-,40,43,44,45). The SMILES string of the molecule is CCCCCCCCCCCCCCCCCCCCCC(=O)NC(COP(=O)([O-])OCC[N+](C)(C)C)C(O)CCCCCCCCC. The highest BCUT2D eigenvalue weighted by atomic mass is 31.2. The molecule has 8 nitrogen and oxygen atoms in total. The molecule has 1 amide bonds. The van der Waals surface area contributed by atoms with Crippen LogP contribution in [0.4, 0.5) is 0 Å². The third kappa shape index (κ3) is 34.0. The summed E-state index contributed by atoms with van der Waals surface area (Å²) < 4.78 is 23.1. The smallest absolute Gasteiger partial charge is 0.268 e. The molecule has 0 spiro atoms. The van der Waals surface area contributed by atoms with Gasteiger partial charge in [-0.15, -0.1) is 0 Å². The highest BCUT2D eigenvalue weighted by molar-refractivity contribution is 7.45. The van der Waals surface area contributed by atoms with E-state index in [0.29, 0.717) is 23.9 Å². The maximum atomic E-state index is 12.8. The first-order chi connectivity index (χ1) is 23.0. The lowest BCUT2D eigenvalue weighted by Gasteiger charge is -2.30. The van der Waals surface area contributed by atoms with Crippen LogP contribution in [-0.2, 0) is 18.4 Å². The van der Waals surface area contributed by atoms with Crippen LogP contribution in [0.2, 0.25) is 0 Å². The molecule has 0 radical (unpaired) electrons. The van der Waals surface area contributed by atoms with Gasteiger partial charge in [0.15, 0.2) is 0 Å². The number of phosphoric ester groups is 1. The second kappa shape index (κ2) is 32.4. The Morgan fingerprint density at radius 1 is 0.646 bits per heavy atom. The van der Waals surface area contributed by atoms with Gasteiger partial charge in [0.05, 0.1) is 39.9 Å². The Balaban J connectivity index is 4.18. The first-order valence-electron chi connectivity index (χ1n) is 20.4. The lowest BCUT2D eigenvalue weighted by atomic mass is 10.0. The maximum Gasteiger partial charge on any atom is 0.268 e. The van der Waals surface area contributed by atoms with Crippen LogP contribution in [0, 0.1) is 0 Å². The number of aliphatic hydroxyl groups is 1. The Morgan fingerprint density at radius 3 is 1.42 bits per heavy atom. The van der Waals surface area contributed by atoms with Crippen LogP contribution in [0.25, 0.3) is 0 Å². The van der Waals surface area contributed by atoms with Crippen molar-refractivity contribution in [2.45, 2.75) is 206 Å². The zero-order chi connectivity index (χ0) is 35.8. The summed E-state index contributed by atoms with van der Waals surface area (Å²) in [5, 5.41) is 13.7. The van der Waals surface area contributed by atoms with Gasteiger partial charge in [-0.1, -0.05) is 174 Å². The van der Waals surface area contributed by atoms with E-state index < -0.39 is 20.0 Å². The summed E-state index contributed by atoms with van der Waals surface area (Å²) in [7, 11) is 1.31. The summed E-state index contributed by atoms with van der Waals surface area (Å²) in [6.07, 6.45) is 32.6. The molecule has 0 aliphatic heterocycles. The van der Waals surface area contributed by atoms with Gasteiger partial charge in [0.2, 0.25) is 5.91 Å². The van der Waals surface area contributed by atoms with Gasteiger partial charge in [0.25, 0.3) is 7.82 Å². The quantitative estimate of drug-likeness (QED) is 0.0379. The molecule has 0 saturated carbocycles. The Hall–Kier alpha value is -0.500. The minimum atomic E-state index is -4.54. The van der Waals surface area contributed by atoms with E-state index in [1.807, 2.05) is 21.1 Å². The Bertz CT molecular complexity index is 763. The molecule has 3 unspecified atom stereocenters. The predicted molar refractivity (Wildman–Crippen MR) is 201 cm³/mol. The van der Waals surface area contributed by atoms with Crippen molar-refractivity contribution in [3.63, 3.8) is 0 Å². The number of hydrogen-bond acceptors (Lipinski definition) is 6. The molecular formula is C39H81N2O6P. The molecule has 0 fully saturated rings. The second-order valence-corrected chi connectivity index (χ2v) is 16.8. The Kier molecular flexibility index (Phi) is 32.1. The first-order valence-corrected chi connectivity index (χ1v) is 21.8. The van der Waals surface area contributed by atoms with Crippen LogP contribution in [0.15, 0.2) is 0 Å². The molecule has 0 aromatic carbocycles. The van der Waals surface area contributed by atoms with E-state index in [0.717, 1.165) is 38.5 Å². The molecule has 0 bridgehead atoms. The van der Waals surface area contributed by atoms with E-state index in [1.165, 1.54) is 128 Å². The summed E-state index contributed by atoms with van der Waals surface area (Å²) in [5.41, 5.74) is 0. The largest absolute Gasteiger partial charge is 0.756 e. The third-order valence-electron chi connectivity index (χ3n) is 9.35. The van der Waals surface area contributed by atoms with Crippen molar-refractivity contribution in [1.29, 1.82) is 0 Å². The summed E-state index contributed by atoms with van der Waals surface area (Å²) >= 11 is 0. The summed E-state index contributed by atoms with van der Waals surface area (Å²) in [4.78, 5) is 25.1. The molecule has 0 aliphatic rings. The van der Waals surface area contributed by atoms with Crippen LogP contribution in [-0.4, -0.2) is 68.5 Å². The van der Waals surface area contributed by atoms with E-state index in [2.05, 4.69) is 19.2 Å². The van der Waals surface area contributed by atoms with Crippen LogP contribution in [0.5, 0.6) is 0 Å². The van der Waals surface area contributed by atoms with E-state index in [1.54, 1.807) is 0 Å².